The van der Waals surface area contributed by atoms with Crippen LogP contribution in [0.15, 0.2) is 52.5 Å². The average Bonchev–Trinajstić information content (AvgIpc) is 2.54. The summed E-state index contributed by atoms with van der Waals surface area (Å²) in [5, 5.41) is 12.5. The van der Waals surface area contributed by atoms with Crippen LogP contribution < -0.4 is 10.1 Å². The number of carbonyl (C=O) groups excluding carboxylic acids is 1. The molecule has 0 aliphatic carbocycles. The van der Waals surface area contributed by atoms with E-state index >= 15 is 0 Å². The van der Waals surface area contributed by atoms with Gasteiger partial charge in [-0.3, -0.25) is 4.79 Å². The van der Waals surface area contributed by atoms with Crippen LogP contribution in [0.25, 0.3) is 6.08 Å². The highest BCUT2D eigenvalue weighted by Gasteiger charge is 2.11. The molecule has 2 aromatic carbocycles. The normalized spacial score (nSPS) is 11.1. The highest BCUT2D eigenvalue weighted by Crippen LogP contribution is 2.28. The fourth-order valence-corrected chi connectivity index (χ4v) is 2.72. The average molecular weight is 420 g/mol. The van der Waals surface area contributed by atoms with E-state index in [-0.39, 0.29) is 11.7 Å². The molecule has 0 aliphatic rings. The predicted molar refractivity (Wildman–Crippen MR) is 104 cm³/mol. The van der Waals surface area contributed by atoms with Crippen molar-refractivity contribution in [1.82, 2.24) is 0 Å². The number of nitrogens with zero attached hydrogens (tertiary/aromatic N) is 1. The van der Waals surface area contributed by atoms with E-state index in [1.54, 1.807) is 42.5 Å². The third-order valence-corrected chi connectivity index (χ3v) is 3.93. The Bertz CT molecular complexity index is 857. The molecule has 1 N–H and O–H groups in total. The number of benzene rings is 2. The second kappa shape index (κ2) is 8.70. The summed E-state index contributed by atoms with van der Waals surface area (Å²) in [6, 6.07) is 14.0. The third-order valence-electron chi connectivity index (χ3n) is 3.08. The van der Waals surface area contributed by atoms with Crippen molar-refractivity contribution in [3.05, 3.63) is 63.1 Å². The van der Waals surface area contributed by atoms with E-state index in [4.69, 9.17) is 16.3 Å². The number of nitriles is 1. The Morgan fingerprint density at radius 3 is 2.68 bits per heavy atom. The quantitative estimate of drug-likeness (QED) is 0.519. The van der Waals surface area contributed by atoms with Gasteiger partial charge in [0.1, 0.15) is 17.4 Å². The van der Waals surface area contributed by atoms with Crippen LogP contribution in [-0.2, 0) is 4.79 Å². The van der Waals surface area contributed by atoms with Crippen LogP contribution in [0.3, 0.4) is 0 Å². The van der Waals surface area contributed by atoms with E-state index in [1.807, 2.05) is 19.9 Å². The SMILES string of the molecule is CC(C)Oc1ccc(/C=C(\C#N)C(=O)Nc2cccc(Cl)c2)cc1Br. The second-order valence-corrected chi connectivity index (χ2v) is 6.78. The summed E-state index contributed by atoms with van der Waals surface area (Å²) in [6.07, 6.45) is 1.57. The molecule has 0 spiro atoms. The van der Waals surface area contributed by atoms with Gasteiger partial charge in [0.05, 0.1) is 10.6 Å². The van der Waals surface area contributed by atoms with E-state index in [1.165, 1.54) is 6.08 Å². The smallest absolute Gasteiger partial charge is 0.266 e. The van der Waals surface area contributed by atoms with Crippen molar-refractivity contribution in [2.75, 3.05) is 5.32 Å². The molecule has 0 unspecified atom stereocenters. The minimum Gasteiger partial charge on any atom is -0.490 e. The first kappa shape index (κ1) is 19.0. The predicted octanol–water partition coefficient (Wildman–Crippen LogP) is 5.44. The van der Waals surface area contributed by atoms with Crippen molar-refractivity contribution in [1.29, 1.82) is 5.26 Å². The van der Waals surface area contributed by atoms with Crippen LogP contribution >= 0.6 is 27.5 Å². The zero-order valence-corrected chi connectivity index (χ0v) is 16.1. The zero-order chi connectivity index (χ0) is 18.4. The number of rotatable bonds is 5. The Morgan fingerprint density at radius 1 is 1.32 bits per heavy atom. The molecule has 4 nitrogen and oxygen atoms in total. The van der Waals surface area contributed by atoms with Gasteiger partial charge in [-0.15, -0.1) is 0 Å². The number of halogens is 2. The van der Waals surface area contributed by atoms with E-state index in [9.17, 15) is 10.1 Å². The molecular weight excluding hydrogens is 404 g/mol. The van der Waals surface area contributed by atoms with Crippen molar-refractivity contribution in [3.63, 3.8) is 0 Å². The molecule has 6 heteroatoms. The molecule has 2 rings (SSSR count). The summed E-state index contributed by atoms with van der Waals surface area (Å²) in [6.45, 7) is 3.88. The number of nitrogens with one attached hydrogen (secondary N) is 1. The van der Waals surface area contributed by atoms with Crippen molar-refractivity contribution < 1.29 is 9.53 Å². The number of hydrogen-bond donors (Lipinski definition) is 1. The van der Waals surface area contributed by atoms with Gasteiger partial charge in [-0.05, 0) is 71.7 Å². The molecule has 0 aliphatic heterocycles. The van der Waals surface area contributed by atoms with Crippen LogP contribution in [0.4, 0.5) is 5.69 Å². The van der Waals surface area contributed by atoms with E-state index in [2.05, 4.69) is 21.2 Å². The van der Waals surface area contributed by atoms with Crippen LogP contribution in [-0.4, -0.2) is 12.0 Å². The molecule has 0 radical (unpaired) electrons. The summed E-state index contributed by atoms with van der Waals surface area (Å²) in [5.41, 5.74) is 1.23. The fraction of sp³-hybridized carbons (Fsp3) is 0.158. The summed E-state index contributed by atoms with van der Waals surface area (Å²) in [7, 11) is 0. The van der Waals surface area contributed by atoms with E-state index in [0.29, 0.717) is 22.0 Å². The zero-order valence-electron chi connectivity index (χ0n) is 13.7. The molecular formula is C19H16BrClN2O2. The van der Waals surface area contributed by atoms with Gasteiger partial charge in [0.25, 0.3) is 5.91 Å². The maximum Gasteiger partial charge on any atom is 0.266 e. The largest absolute Gasteiger partial charge is 0.490 e. The molecule has 1 amide bonds. The molecule has 0 saturated heterocycles. The first-order valence-electron chi connectivity index (χ1n) is 7.54. The lowest BCUT2D eigenvalue weighted by atomic mass is 10.1. The van der Waals surface area contributed by atoms with Crippen molar-refractivity contribution in [2.45, 2.75) is 20.0 Å². The molecule has 0 bridgehead atoms. The van der Waals surface area contributed by atoms with Crippen LogP contribution in [0.1, 0.15) is 19.4 Å². The fourth-order valence-electron chi connectivity index (χ4n) is 2.04. The summed E-state index contributed by atoms with van der Waals surface area (Å²) in [4.78, 5) is 12.3. The summed E-state index contributed by atoms with van der Waals surface area (Å²) in [5.74, 6) is 0.206. The Balaban J connectivity index is 2.20. The first-order chi connectivity index (χ1) is 11.9. The topological polar surface area (TPSA) is 62.1 Å². The molecule has 0 fully saturated rings. The number of amides is 1. The van der Waals surface area contributed by atoms with E-state index in [0.717, 1.165) is 4.47 Å². The van der Waals surface area contributed by atoms with E-state index < -0.39 is 5.91 Å². The number of hydrogen-bond acceptors (Lipinski definition) is 3. The number of carbonyl (C=O) groups is 1. The number of ether oxygens (including phenoxy) is 1. The van der Waals surface area contributed by atoms with Gasteiger partial charge in [0.2, 0.25) is 0 Å². The minimum atomic E-state index is -0.497. The van der Waals surface area contributed by atoms with Gasteiger partial charge >= 0.3 is 0 Å². The highest BCUT2D eigenvalue weighted by molar-refractivity contribution is 9.10. The Morgan fingerprint density at radius 2 is 2.08 bits per heavy atom. The lowest BCUT2D eigenvalue weighted by Gasteiger charge is -2.11. The summed E-state index contributed by atoms with van der Waals surface area (Å²) >= 11 is 9.33. The maximum absolute atomic E-state index is 12.3. The first-order valence-corrected chi connectivity index (χ1v) is 8.71. The maximum atomic E-state index is 12.3. The summed E-state index contributed by atoms with van der Waals surface area (Å²) < 4.78 is 6.40. The number of anilines is 1. The standard InChI is InChI=1S/C19H16BrClN2O2/c1-12(2)25-18-7-6-13(9-17(18)20)8-14(11-22)19(24)23-16-5-3-4-15(21)10-16/h3-10,12H,1-2H3,(H,23,24)/b14-8+. The van der Waals surface area contributed by atoms with Crippen LogP contribution in [0.2, 0.25) is 5.02 Å². The molecule has 128 valence electrons. The van der Waals surface area contributed by atoms with Crippen LogP contribution in [0, 0.1) is 11.3 Å². The highest BCUT2D eigenvalue weighted by atomic mass is 79.9. The lowest BCUT2D eigenvalue weighted by molar-refractivity contribution is -0.112. The van der Waals surface area contributed by atoms with Crippen molar-refractivity contribution >= 4 is 45.2 Å². The molecule has 25 heavy (non-hydrogen) atoms. The monoisotopic (exact) mass is 418 g/mol. The van der Waals surface area contributed by atoms with Gasteiger partial charge in [-0.25, -0.2) is 0 Å². The van der Waals surface area contributed by atoms with Gasteiger partial charge in [0.15, 0.2) is 0 Å². The minimum absolute atomic E-state index is 0.00981. The molecule has 0 heterocycles. The van der Waals surface area contributed by atoms with Gasteiger partial charge in [0, 0.05) is 10.7 Å². The molecule has 0 aromatic heterocycles. The molecule has 0 saturated carbocycles. The van der Waals surface area contributed by atoms with Crippen LogP contribution in [0.5, 0.6) is 5.75 Å². The lowest BCUT2D eigenvalue weighted by Crippen LogP contribution is -2.13. The molecule has 2 aromatic rings. The second-order valence-electron chi connectivity index (χ2n) is 5.49. The third kappa shape index (κ3) is 5.63. The van der Waals surface area contributed by atoms with Gasteiger partial charge in [-0.1, -0.05) is 23.7 Å². The Kier molecular flexibility index (Phi) is 6.63. The van der Waals surface area contributed by atoms with Crippen molar-refractivity contribution in [3.8, 4) is 11.8 Å². The van der Waals surface area contributed by atoms with Crippen molar-refractivity contribution in [2.24, 2.45) is 0 Å². The molecule has 0 atom stereocenters. The van der Waals surface area contributed by atoms with Gasteiger partial charge < -0.3 is 10.1 Å². The van der Waals surface area contributed by atoms with Gasteiger partial charge in [-0.2, -0.15) is 5.26 Å². The Labute approximate surface area is 160 Å². The Hall–Kier alpha value is -2.29.